The summed E-state index contributed by atoms with van der Waals surface area (Å²) in [6, 6.07) is 5.79. The number of aryl methyl sites for hydroxylation is 1. The Hall–Kier alpha value is -1.44. The molecule has 1 heterocycles. The normalized spacial score (nSPS) is 14.4. The first-order valence-corrected chi connectivity index (χ1v) is 7.21. The molecule has 1 fully saturated rings. The molecule has 1 saturated carbocycles. The average molecular weight is 368 g/mol. The van der Waals surface area contributed by atoms with Gasteiger partial charge in [-0.1, -0.05) is 6.07 Å². The van der Waals surface area contributed by atoms with Crippen molar-refractivity contribution in [2.24, 2.45) is 0 Å². The molecular weight excluding hydrogens is 355 g/mol. The van der Waals surface area contributed by atoms with Gasteiger partial charge in [0.2, 0.25) is 5.82 Å². The van der Waals surface area contributed by atoms with E-state index in [1.807, 2.05) is 25.1 Å². The summed E-state index contributed by atoms with van der Waals surface area (Å²) in [5.74, 6) is 1.22. The van der Waals surface area contributed by atoms with Gasteiger partial charge in [-0.2, -0.15) is 0 Å². The van der Waals surface area contributed by atoms with Gasteiger partial charge in [0.05, 0.1) is 0 Å². The Morgan fingerprint density at radius 2 is 2.26 bits per heavy atom. The number of aromatic amines is 1. The zero-order chi connectivity index (χ0) is 13.4. The number of H-pyrrole nitrogens is 1. The number of carbonyl (C=O) groups is 1. The predicted molar refractivity (Wildman–Crippen MR) is 80.2 cm³/mol. The lowest BCUT2D eigenvalue weighted by Crippen LogP contribution is -2.14. The molecule has 0 radical (unpaired) electrons. The quantitative estimate of drug-likeness (QED) is 0.819. The second kappa shape index (κ2) is 4.92. The number of anilines is 1. The number of aromatic nitrogens is 3. The number of carbonyl (C=O) groups excluding carboxylic acids is 1. The van der Waals surface area contributed by atoms with Crippen molar-refractivity contribution in [3.8, 4) is 0 Å². The van der Waals surface area contributed by atoms with Crippen LogP contribution in [0.5, 0.6) is 0 Å². The van der Waals surface area contributed by atoms with Gasteiger partial charge in [0, 0.05) is 15.2 Å². The Balaban J connectivity index is 1.74. The van der Waals surface area contributed by atoms with Gasteiger partial charge in [-0.05, 0) is 60.1 Å². The first-order valence-electron chi connectivity index (χ1n) is 6.13. The predicted octanol–water partition coefficient (Wildman–Crippen LogP) is 2.85. The molecule has 3 rings (SSSR count). The number of benzene rings is 1. The molecule has 1 aromatic heterocycles. The molecule has 1 amide bonds. The number of rotatable bonds is 3. The SMILES string of the molecule is Cc1ccc(NC(=O)c2n[nH]c(C3CC3)n2)cc1I. The lowest BCUT2D eigenvalue weighted by molar-refractivity contribution is 0.101. The molecule has 0 bridgehead atoms. The van der Waals surface area contributed by atoms with Crippen LogP contribution in [0.4, 0.5) is 5.69 Å². The maximum atomic E-state index is 12.0. The molecule has 2 N–H and O–H groups in total. The average Bonchev–Trinajstić information content (AvgIpc) is 3.11. The topological polar surface area (TPSA) is 70.7 Å². The number of hydrogen-bond donors (Lipinski definition) is 2. The number of amides is 1. The maximum Gasteiger partial charge on any atom is 0.295 e. The van der Waals surface area contributed by atoms with E-state index in [2.05, 4.69) is 43.1 Å². The smallest absolute Gasteiger partial charge is 0.295 e. The minimum absolute atomic E-state index is 0.206. The van der Waals surface area contributed by atoms with Crippen LogP contribution in [-0.4, -0.2) is 21.1 Å². The van der Waals surface area contributed by atoms with Crippen LogP contribution in [0, 0.1) is 10.5 Å². The van der Waals surface area contributed by atoms with Gasteiger partial charge >= 0.3 is 0 Å². The summed E-state index contributed by atoms with van der Waals surface area (Å²) in [7, 11) is 0. The van der Waals surface area contributed by atoms with Crippen LogP contribution >= 0.6 is 22.6 Å². The Kier molecular flexibility index (Phi) is 3.26. The van der Waals surface area contributed by atoms with Gasteiger partial charge < -0.3 is 5.32 Å². The minimum Gasteiger partial charge on any atom is -0.319 e. The third kappa shape index (κ3) is 2.78. The second-order valence-electron chi connectivity index (χ2n) is 4.74. The van der Waals surface area contributed by atoms with Crippen molar-refractivity contribution in [2.75, 3.05) is 5.32 Å². The van der Waals surface area contributed by atoms with E-state index in [1.165, 1.54) is 5.56 Å². The Labute approximate surface area is 124 Å². The summed E-state index contributed by atoms with van der Waals surface area (Å²) < 4.78 is 1.11. The Bertz CT molecular complexity index is 633. The van der Waals surface area contributed by atoms with E-state index in [4.69, 9.17) is 0 Å². The molecule has 0 unspecified atom stereocenters. The highest BCUT2D eigenvalue weighted by molar-refractivity contribution is 14.1. The highest BCUT2D eigenvalue weighted by Gasteiger charge is 2.28. The fourth-order valence-electron chi connectivity index (χ4n) is 1.77. The van der Waals surface area contributed by atoms with Gasteiger partial charge in [0.25, 0.3) is 5.91 Å². The molecule has 2 aromatic rings. The number of nitrogens with zero attached hydrogens (tertiary/aromatic N) is 2. The molecule has 0 atom stereocenters. The van der Waals surface area contributed by atoms with Gasteiger partial charge in [-0.3, -0.25) is 9.89 Å². The molecule has 5 nitrogen and oxygen atoms in total. The third-order valence-corrected chi connectivity index (χ3v) is 4.26. The zero-order valence-corrected chi connectivity index (χ0v) is 12.6. The van der Waals surface area contributed by atoms with Crippen molar-refractivity contribution in [2.45, 2.75) is 25.7 Å². The summed E-state index contributed by atoms with van der Waals surface area (Å²) in [4.78, 5) is 16.2. The fourth-order valence-corrected chi connectivity index (χ4v) is 2.29. The highest BCUT2D eigenvalue weighted by atomic mass is 127. The summed E-state index contributed by atoms with van der Waals surface area (Å²) in [6.07, 6.45) is 2.26. The first-order chi connectivity index (χ1) is 9.13. The lowest BCUT2D eigenvalue weighted by Gasteiger charge is -2.04. The van der Waals surface area contributed by atoms with Crippen molar-refractivity contribution in [3.63, 3.8) is 0 Å². The van der Waals surface area contributed by atoms with Gasteiger partial charge in [-0.25, -0.2) is 4.98 Å². The molecule has 1 aliphatic carbocycles. The molecule has 0 aliphatic heterocycles. The van der Waals surface area contributed by atoms with Crippen LogP contribution < -0.4 is 5.32 Å². The van der Waals surface area contributed by atoms with E-state index in [9.17, 15) is 4.79 Å². The van der Waals surface area contributed by atoms with Crippen LogP contribution in [0.3, 0.4) is 0 Å². The fraction of sp³-hybridized carbons (Fsp3) is 0.308. The molecule has 6 heteroatoms. The molecule has 98 valence electrons. The third-order valence-electron chi connectivity index (χ3n) is 3.10. The second-order valence-corrected chi connectivity index (χ2v) is 5.90. The molecule has 0 spiro atoms. The Morgan fingerprint density at radius 3 is 2.95 bits per heavy atom. The van der Waals surface area contributed by atoms with Crippen molar-refractivity contribution in [1.29, 1.82) is 0 Å². The standard InChI is InChI=1S/C13H13IN4O/c1-7-2-5-9(6-10(7)14)15-13(19)12-16-11(17-18-12)8-3-4-8/h2,5-6,8H,3-4H2,1H3,(H,15,19)(H,16,17,18). The summed E-state index contributed by atoms with van der Waals surface area (Å²) in [6.45, 7) is 2.03. The van der Waals surface area contributed by atoms with E-state index >= 15 is 0 Å². The highest BCUT2D eigenvalue weighted by Crippen LogP contribution is 2.37. The van der Waals surface area contributed by atoms with E-state index < -0.39 is 0 Å². The zero-order valence-electron chi connectivity index (χ0n) is 10.4. The van der Waals surface area contributed by atoms with Crippen LogP contribution in [0.15, 0.2) is 18.2 Å². The van der Waals surface area contributed by atoms with E-state index in [0.29, 0.717) is 5.92 Å². The molecular formula is C13H13IN4O. The van der Waals surface area contributed by atoms with Crippen molar-refractivity contribution in [3.05, 3.63) is 39.0 Å². The van der Waals surface area contributed by atoms with Crippen molar-refractivity contribution < 1.29 is 4.79 Å². The number of hydrogen-bond acceptors (Lipinski definition) is 3. The largest absolute Gasteiger partial charge is 0.319 e. The minimum atomic E-state index is -0.275. The van der Waals surface area contributed by atoms with E-state index in [0.717, 1.165) is 27.9 Å². The number of halogens is 1. The van der Waals surface area contributed by atoms with Crippen molar-refractivity contribution in [1.82, 2.24) is 15.2 Å². The summed E-state index contributed by atoms with van der Waals surface area (Å²) in [5.41, 5.74) is 1.95. The van der Waals surface area contributed by atoms with Gasteiger partial charge in [-0.15, -0.1) is 5.10 Å². The van der Waals surface area contributed by atoms with E-state index in [1.54, 1.807) is 0 Å². The van der Waals surface area contributed by atoms with Crippen LogP contribution in [-0.2, 0) is 0 Å². The molecule has 1 aromatic carbocycles. The van der Waals surface area contributed by atoms with Crippen LogP contribution in [0.1, 0.15) is 40.8 Å². The van der Waals surface area contributed by atoms with E-state index in [-0.39, 0.29) is 11.7 Å². The monoisotopic (exact) mass is 368 g/mol. The maximum absolute atomic E-state index is 12.0. The summed E-state index contributed by atoms with van der Waals surface area (Å²) in [5, 5.41) is 9.61. The molecule has 1 aliphatic rings. The van der Waals surface area contributed by atoms with Crippen LogP contribution in [0.25, 0.3) is 0 Å². The van der Waals surface area contributed by atoms with Crippen LogP contribution in [0.2, 0.25) is 0 Å². The lowest BCUT2D eigenvalue weighted by atomic mass is 10.2. The summed E-state index contributed by atoms with van der Waals surface area (Å²) >= 11 is 2.24. The number of nitrogens with one attached hydrogen (secondary N) is 2. The molecule has 19 heavy (non-hydrogen) atoms. The Morgan fingerprint density at radius 1 is 1.47 bits per heavy atom. The first kappa shape index (κ1) is 12.6. The van der Waals surface area contributed by atoms with Crippen molar-refractivity contribution >= 4 is 34.2 Å². The molecule has 0 saturated heterocycles. The van der Waals surface area contributed by atoms with Gasteiger partial charge in [0.1, 0.15) is 5.82 Å². The van der Waals surface area contributed by atoms with Gasteiger partial charge in [0.15, 0.2) is 0 Å².